The summed E-state index contributed by atoms with van der Waals surface area (Å²) in [6.07, 6.45) is 1.46. The minimum absolute atomic E-state index is 0.287. The molecule has 0 fully saturated rings. The molecule has 2 nitrogen and oxygen atoms in total. The first kappa shape index (κ1) is 12.3. The summed E-state index contributed by atoms with van der Waals surface area (Å²) in [7, 11) is -3.34. The van der Waals surface area contributed by atoms with Crippen LogP contribution in [0, 0.1) is 6.92 Å². The van der Waals surface area contributed by atoms with Gasteiger partial charge >= 0.3 is 0 Å². The van der Waals surface area contributed by atoms with Crippen LogP contribution < -0.4 is 0 Å². The second kappa shape index (κ2) is 4.81. The fraction of sp³-hybridized carbons (Fsp3) is 0.273. The minimum Gasteiger partial charge on any atom is -0.219 e. The van der Waals surface area contributed by atoms with Gasteiger partial charge in [-0.05, 0) is 26.0 Å². The van der Waals surface area contributed by atoms with Gasteiger partial charge in [-0.25, -0.2) is 8.42 Å². The highest BCUT2D eigenvalue weighted by molar-refractivity contribution is 7.94. The van der Waals surface area contributed by atoms with Crippen molar-refractivity contribution in [2.45, 2.75) is 24.1 Å². The van der Waals surface area contributed by atoms with Crippen molar-refractivity contribution in [1.29, 1.82) is 0 Å². The number of alkyl halides is 1. The van der Waals surface area contributed by atoms with Crippen LogP contribution in [0.5, 0.6) is 0 Å². The Morgan fingerprint density at radius 2 is 1.80 bits per heavy atom. The summed E-state index contributed by atoms with van der Waals surface area (Å²) >= 11 is 5.65. The summed E-state index contributed by atoms with van der Waals surface area (Å²) < 4.78 is 23.4. The predicted octanol–water partition coefficient (Wildman–Crippen LogP) is 2.91. The highest BCUT2D eigenvalue weighted by atomic mass is 35.5. The lowest BCUT2D eigenvalue weighted by atomic mass is 10.2. The van der Waals surface area contributed by atoms with Crippen molar-refractivity contribution in [1.82, 2.24) is 0 Å². The zero-order valence-electron chi connectivity index (χ0n) is 8.64. The first-order valence-corrected chi connectivity index (χ1v) is 6.54. The lowest BCUT2D eigenvalue weighted by molar-refractivity contribution is 0.604. The Morgan fingerprint density at radius 1 is 1.27 bits per heavy atom. The van der Waals surface area contributed by atoms with E-state index < -0.39 is 9.84 Å². The quantitative estimate of drug-likeness (QED) is 0.767. The van der Waals surface area contributed by atoms with Crippen molar-refractivity contribution in [3.8, 4) is 0 Å². The molecule has 0 aliphatic carbocycles. The third kappa shape index (κ3) is 3.68. The van der Waals surface area contributed by atoms with Crippen molar-refractivity contribution in [3.05, 3.63) is 41.3 Å². The summed E-state index contributed by atoms with van der Waals surface area (Å²) in [5, 5.41) is 0.861. The minimum atomic E-state index is -3.34. The average molecular weight is 245 g/mol. The van der Waals surface area contributed by atoms with Crippen LogP contribution in [0.15, 0.2) is 40.6 Å². The van der Waals surface area contributed by atoms with E-state index in [9.17, 15) is 8.42 Å². The lowest BCUT2D eigenvalue weighted by Gasteiger charge is -1.99. The molecule has 4 heteroatoms. The van der Waals surface area contributed by atoms with Crippen LogP contribution in [0.25, 0.3) is 0 Å². The van der Waals surface area contributed by atoms with Crippen LogP contribution in [-0.4, -0.2) is 13.8 Å². The van der Waals surface area contributed by atoms with Gasteiger partial charge < -0.3 is 0 Å². The lowest BCUT2D eigenvalue weighted by Crippen LogP contribution is -1.97. The standard InChI is InChI=1S/C11H13ClO2S/c1-9-3-5-11(6-4-9)15(13,14)8-7-10(2)12/h3-8,10H,1-2H3/b8-7+. The highest BCUT2D eigenvalue weighted by Crippen LogP contribution is 2.13. The van der Waals surface area contributed by atoms with Crippen LogP contribution in [-0.2, 0) is 9.84 Å². The fourth-order valence-electron chi connectivity index (χ4n) is 1.02. The van der Waals surface area contributed by atoms with Crippen LogP contribution in [0.2, 0.25) is 0 Å². The molecule has 0 saturated carbocycles. The molecule has 0 heterocycles. The Balaban J connectivity index is 3.02. The van der Waals surface area contributed by atoms with Gasteiger partial charge in [-0.2, -0.15) is 0 Å². The van der Waals surface area contributed by atoms with Crippen LogP contribution in [0.4, 0.5) is 0 Å². The number of sulfone groups is 1. The van der Waals surface area contributed by atoms with Gasteiger partial charge in [0.05, 0.1) is 4.90 Å². The predicted molar refractivity (Wildman–Crippen MR) is 62.8 cm³/mol. The van der Waals surface area contributed by atoms with Crippen LogP contribution in [0.3, 0.4) is 0 Å². The Hall–Kier alpha value is -0.800. The van der Waals surface area contributed by atoms with Gasteiger partial charge in [-0.15, -0.1) is 11.6 Å². The van der Waals surface area contributed by atoms with Crippen molar-refractivity contribution in [3.63, 3.8) is 0 Å². The van der Waals surface area contributed by atoms with Crippen LogP contribution >= 0.6 is 11.6 Å². The van der Waals surface area contributed by atoms with E-state index in [1.807, 2.05) is 6.92 Å². The van der Waals surface area contributed by atoms with E-state index in [-0.39, 0.29) is 5.38 Å². The summed E-state index contributed by atoms with van der Waals surface area (Å²) in [5.74, 6) is 0. The molecule has 0 amide bonds. The molecule has 1 aromatic rings. The van der Waals surface area contributed by atoms with Crippen molar-refractivity contribution >= 4 is 21.4 Å². The molecular weight excluding hydrogens is 232 g/mol. The van der Waals surface area contributed by atoms with Gasteiger partial charge in [-0.3, -0.25) is 0 Å². The number of benzene rings is 1. The van der Waals surface area contributed by atoms with Crippen molar-refractivity contribution in [2.75, 3.05) is 0 Å². The molecule has 0 aliphatic heterocycles. The molecule has 0 aliphatic rings. The van der Waals surface area contributed by atoms with Gasteiger partial charge in [-0.1, -0.05) is 23.8 Å². The molecule has 0 N–H and O–H groups in total. The maximum absolute atomic E-state index is 11.7. The van der Waals surface area contributed by atoms with Gasteiger partial charge in [0.25, 0.3) is 0 Å². The normalized spacial score (nSPS) is 14.3. The van der Waals surface area contributed by atoms with Gasteiger partial charge in [0.15, 0.2) is 9.84 Å². The van der Waals surface area contributed by atoms with E-state index in [0.29, 0.717) is 4.90 Å². The molecular formula is C11H13ClO2S. The SMILES string of the molecule is Cc1ccc(S(=O)(=O)/C=C/C(C)Cl)cc1. The second-order valence-corrected chi connectivity index (χ2v) is 5.89. The first-order valence-electron chi connectivity index (χ1n) is 4.56. The monoisotopic (exact) mass is 244 g/mol. The van der Waals surface area contributed by atoms with E-state index in [1.165, 1.54) is 6.08 Å². The Labute approximate surface area is 95.5 Å². The van der Waals surface area contributed by atoms with Gasteiger partial charge in [0, 0.05) is 10.8 Å². The topological polar surface area (TPSA) is 34.1 Å². The average Bonchev–Trinajstić information content (AvgIpc) is 2.16. The summed E-state index contributed by atoms with van der Waals surface area (Å²) in [5.41, 5.74) is 1.03. The summed E-state index contributed by atoms with van der Waals surface area (Å²) in [4.78, 5) is 0.293. The maximum Gasteiger partial charge on any atom is 0.199 e. The summed E-state index contributed by atoms with van der Waals surface area (Å²) in [6, 6.07) is 6.72. The molecule has 82 valence electrons. The molecule has 0 spiro atoms. The molecule has 0 saturated heterocycles. The van der Waals surface area contributed by atoms with E-state index in [4.69, 9.17) is 11.6 Å². The third-order valence-corrected chi connectivity index (χ3v) is 3.46. The molecule has 1 rings (SSSR count). The Kier molecular flexibility index (Phi) is 3.94. The Bertz CT molecular complexity index is 444. The molecule has 0 aromatic heterocycles. The number of halogens is 1. The molecule has 0 radical (unpaired) electrons. The van der Waals surface area contributed by atoms with E-state index in [0.717, 1.165) is 11.0 Å². The largest absolute Gasteiger partial charge is 0.219 e. The molecule has 1 aromatic carbocycles. The second-order valence-electron chi connectivity index (χ2n) is 3.36. The van der Waals surface area contributed by atoms with Gasteiger partial charge in [0.2, 0.25) is 0 Å². The van der Waals surface area contributed by atoms with Gasteiger partial charge in [0.1, 0.15) is 0 Å². The number of hydrogen-bond acceptors (Lipinski definition) is 2. The third-order valence-electron chi connectivity index (χ3n) is 1.87. The summed E-state index contributed by atoms with van der Waals surface area (Å²) in [6.45, 7) is 3.62. The number of allylic oxidation sites excluding steroid dienone is 1. The number of rotatable bonds is 3. The zero-order chi connectivity index (χ0) is 11.5. The molecule has 1 atom stereocenters. The Morgan fingerprint density at radius 3 is 2.27 bits per heavy atom. The zero-order valence-corrected chi connectivity index (χ0v) is 10.2. The van der Waals surface area contributed by atoms with E-state index >= 15 is 0 Å². The number of aryl methyl sites for hydroxylation is 1. The molecule has 0 bridgehead atoms. The number of hydrogen-bond donors (Lipinski definition) is 0. The first-order chi connectivity index (χ1) is 6.92. The maximum atomic E-state index is 11.7. The highest BCUT2D eigenvalue weighted by Gasteiger charge is 2.09. The van der Waals surface area contributed by atoms with E-state index in [2.05, 4.69) is 0 Å². The van der Waals surface area contributed by atoms with Crippen LogP contribution in [0.1, 0.15) is 12.5 Å². The van der Waals surface area contributed by atoms with E-state index in [1.54, 1.807) is 31.2 Å². The van der Waals surface area contributed by atoms with Crippen molar-refractivity contribution in [2.24, 2.45) is 0 Å². The molecule has 15 heavy (non-hydrogen) atoms. The van der Waals surface area contributed by atoms with Crippen molar-refractivity contribution < 1.29 is 8.42 Å². The molecule has 1 unspecified atom stereocenters. The smallest absolute Gasteiger partial charge is 0.199 e. The fourth-order valence-corrected chi connectivity index (χ4v) is 2.29.